The molecule has 2 N–H and O–H groups in total. The number of benzene rings is 2. The van der Waals surface area contributed by atoms with Crippen LogP contribution in [0.1, 0.15) is 80.8 Å². The Morgan fingerprint density at radius 1 is 1.18 bits per heavy atom. The zero-order chi connectivity index (χ0) is 36.2. The number of carbonyl (C=O) groups is 2. The summed E-state index contributed by atoms with van der Waals surface area (Å²) in [7, 11) is -3.05. The number of halogens is 1. The Hall–Kier alpha value is -3.05. The van der Waals surface area contributed by atoms with Crippen molar-refractivity contribution in [1.29, 1.82) is 0 Å². The van der Waals surface area contributed by atoms with Crippen molar-refractivity contribution in [3.63, 3.8) is 0 Å². The van der Waals surface area contributed by atoms with Gasteiger partial charge < -0.3 is 24.2 Å². The van der Waals surface area contributed by atoms with Gasteiger partial charge in [0, 0.05) is 39.8 Å². The lowest BCUT2D eigenvalue weighted by molar-refractivity contribution is -0.171. The highest BCUT2D eigenvalue weighted by Gasteiger charge is 2.49. The van der Waals surface area contributed by atoms with Crippen LogP contribution in [0.4, 0.5) is 5.69 Å². The van der Waals surface area contributed by atoms with Gasteiger partial charge in [-0.2, -0.15) is 0 Å². The first-order valence-electron chi connectivity index (χ1n) is 18.3. The van der Waals surface area contributed by atoms with Crippen molar-refractivity contribution in [2.75, 3.05) is 44.4 Å². The number of fused-ring (bicyclic) bond motifs is 4. The molecule has 2 aromatic rings. The molecule has 1 saturated heterocycles. The van der Waals surface area contributed by atoms with Gasteiger partial charge in [-0.15, -0.1) is 0 Å². The van der Waals surface area contributed by atoms with Crippen molar-refractivity contribution in [3.05, 3.63) is 70.3 Å². The summed E-state index contributed by atoms with van der Waals surface area (Å²) >= 11 is 6.46. The monoisotopic (exact) mass is 738 g/mol. The van der Waals surface area contributed by atoms with Crippen LogP contribution in [-0.2, 0) is 35.8 Å². The Morgan fingerprint density at radius 2 is 1.98 bits per heavy atom. The number of anilines is 1. The first kappa shape index (κ1) is 36.3. The van der Waals surface area contributed by atoms with Gasteiger partial charge in [-0.05, 0) is 111 Å². The summed E-state index contributed by atoms with van der Waals surface area (Å²) in [5.74, 6) is 3.50. The van der Waals surface area contributed by atoms with E-state index < -0.39 is 32.4 Å². The van der Waals surface area contributed by atoms with E-state index in [2.05, 4.69) is 27.6 Å². The van der Waals surface area contributed by atoms with E-state index in [1.807, 2.05) is 45.0 Å². The van der Waals surface area contributed by atoms with Gasteiger partial charge in [0.1, 0.15) is 12.4 Å². The molecule has 1 unspecified atom stereocenters. The van der Waals surface area contributed by atoms with Gasteiger partial charge in [-0.3, -0.25) is 14.3 Å². The van der Waals surface area contributed by atoms with Crippen LogP contribution in [-0.4, -0.2) is 77.4 Å². The van der Waals surface area contributed by atoms with Crippen molar-refractivity contribution in [3.8, 4) is 5.75 Å². The maximum Gasteiger partial charge on any atom is 0.309 e. The van der Waals surface area contributed by atoms with Crippen LogP contribution >= 0.6 is 11.6 Å². The molecule has 2 aromatic carbocycles. The second-order valence-electron chi connectivity index (χ2n) is 16.3. The zero-order valence-corrected chi connectivity index (χ0v) is 31.5. The number of rotatable bonds is 4. The third-order valence-electron chi connectivity index (χ3n) is 12.3. The molecule has 7 rings (SSSR count). The maximum absolute atomic E-state index is 13.9. The summed E-state index contributed by atoms with van der Waals surface area (Å²) < 4.78 is 34.4. The molecule has 1 amide bonds. The quantitative estimate of drug-likeness (QED) is 0.227. The molecule has 0 aromatic heterocycles. The Balaban J connectivity index is 1.27. The van der Waals surface area contributed by atoms with E-state index in [-0.39, 0.29) is 41.6 Å². The molecule has 276 valence electrons. The van der Waals surface area contributed by atoms with Gasteiger partial charge in [0.2, 0.25) is 0 Å². The number of amides is 1. The van der Waals surface area contributed by atoms with Gasteiger partial charge in [0.05, 0.1) is 47.2 Å². The lowest BCUT2D eigenvalue weighted by atomic mass is 9.63. The van der Waals surface area contributed by atoms with E-state index in [0.29, 0.717) is 55.7 Å². The molecule has 0 radical (unpaired) electrons. The molecular formula is C40H51ClN2O7S. The Morgan fingerprint density at radius 3 is 2.71 bits per heavy atom. The maximum atomic E-state index is 13.9. The van der Waals surface area contributed by atoms with E-state index in [1.54, 1.807) is 12.1 Å². The lowest BCUT2D eigenvalue weighted by Gasteiger charge is -2.49. The Labute approximate surface area is 307 Å². The van der Waals surface area contributed by atoms with Crippen molar-refractivity contribution in [2.45, 2.75) is 82.0 Å². The van der Waals surface area contributed by atoms with E-state index >= 15 is 0 Å². The smallest absolute Gasteiger partial charge is 0.309 e. The van der Waals surface area contributed by atoms with Crippen molar-refractivity contribution >= 4 is 44.7 Å². The highest BCUT2D eigenvalue weighted by atomic mass is 35.5. The fourth-order valence-electron chi connectivity index (χ4n) is 8.73. The number of hydrogen-bond donors (Lipinski definition) is 2. The molecule has 11 heteroatoms. The van der Waals surface area contributed by atoms with E-state index in [4.69, 9.17) is 25.8 Å². The predicted molar refractivity (Wildman–Crippen MR) is 201 cm³/mol. The minimum absolute atomic E-state index is 0.0570. The third-order valence-corrected chi connectivity index (χ3v) is 14.7. The number of allylic oxidation sites excluding steroid dienone is 1. The van der Waals surface area contributed by atoms with Gasteiger partial charge >= 0.3 is 5.97 Å². The average molecular weight is 739 g/mol. The Kier molecular flexibility index (Phi) is 9.78. The molecule has 7 atom stereocenters. The first-order valence-corrected chi connectivity index (χ1v) is 20.5. The number of carbonyl (C=O) groups excluding carboxylic acids is 2. The van der Waals surface area contributed by atoms with E-state index in [9.17, 15) is 18.9 Å². The second-order valence-corrected chi connectivity index (χ2v) is 19.2. The zero-order valence-electron chi connectivity index (χ0n) is 30.0. The number of hydrogen-bond acceptors (Lipinski definition) is 8. The van der Waals surface area contributed by atoms with E-state index in [1.165, 1.54) is 11.1 Å². The molecule has 2 fully saturated rings. The van der Waals surface area contributed by atoms with E-state index in [0.717, 1.165) is 37.8 Å². The standard InChI is InChI=1S/C40H51ClN2O7S/c1-26-7-5-16-40(46,19-36(44)50-24-38(3)22-48-23-38)33-12-9-30(33)20-43-21-39(15-6-8-28-17-31(41)11-13-32(28)39)25-49-35-14-10-29(18-34(35)43)37(45)42-51(4,47)27(26)2/h5,10-11,13-14,16-18,26-27,30,33,46H,4,6-9,12,15,19-25H2,1-3H3,(H,42,45,47)/b16-5+/t26-,27+,30-,33+,39-,40+,51?/m0/s1. The van der Waals surface area contributed by atoms with Gasteiger partial charge in [-0.25, -0.2) is 4.21 Å². The number of aliphatic hydroxyl groups is 1. The van der Waals surface area contributed by atoms with Crippen LogP contribution < -0.4 is 14.4 Å². The number of nitrogens with zero attached hydrogens (tertiary/aromatic N) is 1. The molecule has 3 aliphatic heterocycles. The summed E-state index contributed by atoms with van der Waals surface area (Å²) in [5.41, 5.74) is 1.67. The van der Waals surface area contributed by atoms with Crippen LogP contribution in [0, 0.1) is 23.2 Å². The second kappa shape index (κ2) is 13.7. The molecule has 2 bridgehead atoms. The van der Waals surface area contributed by atoms with Gasteiger partial charge in [0.25, 0.3) is 5.91 Å². The summed E-state index contributed by atoms with van der Waals surface area (Å²) in [6.07, 6.45) is 8.51. The van der Waals surface area contributed by atoms with Gasteiger partial charge in [-0.1, -0.05) is 43.7 Å². The molecule has 3 heterocycles. The molecule has 1 saturated carbocycles. The van der Waals surface area contributed by atoms with Crippen molar-refractivity contribution in [2.24, 2.45) is 23.2 Å². The summed E-state index contributed by atoms with van der Waals surface area (Å²) in [5, 5.41) is 12.7. The lowest BCUT2D eigenvalue weighted by Crippen LogP contribution is -2.53. The van der Waals surface area contributed by atoms with Crippen molar-refractivity contribution in [1.82, 2.24) is 4.72 Å². The topological polar surface area (TPSA) is 114 Å². The third kappa shape index (κ3) is 7.18. The molecule has 9 nitrogen and oxygen atoms in total. The Bertz CT molecular complexity index is 1830. The largest absolute Gasteiger partial charge is 0.490 e. The normalized spacial score (nSPS) is 35.1. The molecule has 5 aliphatic rings. The highest BCUT2D eigenvalue weighted by Crippen LogP contribution is 2.49. The van der Waals surface area contributed by atoms with Crippen LogP contribution in [0.5, 0.6) is 5.75 Å². The number of esters is 1. The summed E-state index contributed by atoms with van der Waals surface area (Å²) in [4.78, 5) is 29.4. The number of aryl methyl sites for hydroxylation is 1. The van der Waals surface area contributed by atoms with Crippen LogP contribution in [0.25, 0.3) is 0 Å². The predicted octanol–water partition coefficient (Wildman–Crippen LogP) is 5.89. The summed E-state index contributed by atoms with van der Waals surface area (Å²) in [6.45, 7) is 8.85. The summed E-state index contributed by atoms with van der Waals surface area (Å²) in [6, 6.07) is 11.6. The van der Waals surface area contributed by atoms with Crippen LogP contribution in [0.15, 0.2) is 48.6 Å². The first-order chi connectivity index (χ1) is 24.2. The molecular weight excluding hydrogens is 688 g/mol. The van der Waals surface area contributed by atoms with Crippen LogP contribution in [0.2, 0.25) is 5.02 Å². The van der Waals surface area contributed by atoms with Crippen LogP contribution in [0.3, 0.4) is 0 Å². The highest BCUT2D eigenvalue weighted by molar-refractivity contribution is 7.99. The number of ether oxygens (including phenoxy) is 3. The van der Waals surface area contributed by atoms with Gasteiger partial charge in [0.15, 0.2) is 0 Å². The average Bonchev–Trinajstić information content (AvgIpc) is 3.20. The minimum atomic E-state index is -3.05. The number of nitrogens with one attached hydrogen (secondary N) is 1. The van der Waals surface area contributed by atoms with Crippen molar-refractivity contribution < 1.29 is 33.1 Å². The fraction of sp³-hybridized carbons (Fsp3) is 0.575. The molecule has 2 aliphatic carbocycles. The fourth-order valence-corrected chi connectivity index (χ4v) is 10.4. The molecule has 51 heavy (non-hydrogen) atoms. The minimum Gasteiger partial charge on any atom is -0.490 e. The molecule has 1 spiro atoms. The SMILES string of the molecule is C=S1(=O)NC(=O)c2ccc3c(c2)N(C[C@@H]2CC[C@H]2[C@](O)(CC(=O)OCC2(C)COC2)/C=C/C[C@H](C)[C@H]1C)C[C@@]1(CCCc2cc(Cl)ccc21)CO3.